The topological polar surface area (TPSA) is 46.5 Å². The molecule has 0 atom stereocenters. The van der Waals surface area contributed by atoms with Crippen LogP contribution < -0.4 is 0 Å². The maximum atomic E-state index is 10.8. The predicted octanol–water partition coefficient (Wildman–Crippen LogP) is 1.50. The smallest absolute Gasteiger partial charge is 0.305 e. The molecule has 3 heteroatoms. The Kier molecular flexibility index (Phi) is 10.6. The second-order valence-corrected chi connectivity index (χ2v) is 3.18. The molecule has 0 radical (unpaired) electrons. The Morgan fingerprint density at radius 1 is 1.12 bits per heavy atom. The summed E-state index contributed by atoms with van der Waals surface area (Å²) in [6.07, 6.45) is 4.69. The average molecular weight is 222 g/mol. The highest BCUT2D eigenvalue weighted by molar-refractivity contribution is 5.68. The molecular formula is C13H18O3. The summed E-state index contributed by atoms with van der Waals surface area (Å²) < 4.78 is 4.53. The van der Waals surface area contributed by atoms with Crippen LogP contribution in [0.4, 0.5) is 0 Å². The highest BCUT2D eigenvalue weighted by Gasteiger charge is 1.97. The van der Waals surface area contributed by atoms with Crippen LogP contribution in [0.25, 0.3) is 0 Å². The maximum absolute atomic E-state index is 10.8. The van der Waals surface area contributed by atoms with Gasteiger partial charge in [-0.15, -0.1) is 5.92 Å². The van der Waals surface area contributed by atoms with E-state index in [-0.39, 0.29) is 12.6 Å². The van der Waals surface area contributed by atoms with Crippen LogP contribution in [0.2, 0.25) is 0 Å². The summed E-state index contributed by atoms with van der Waals surface area (Å²) in [6, 6.07) is 0. The van der Waals surface area contributed by atoms with E-state index in [0.29, 0.717) is 12.8 Å². The zero-order valence-corrected chi connectivity index (χ0v) is 9.71. The van der Waals surface area contributed by atoms with Gasteiger partial charge in [0.05, 0.1) is 13.5 Å². The lowest BCUT2D eigenvalue weighted by Gasteiger charge is -1.97. The summed E-state index contributed by atoms with van der Waals surface area (Å²) in [7, 11) is 1.40. The van der Waals surface area contributed by atoms with E-state index in [1.807, 2.05) is 0 Å². The van der Waals surface area contributed by atoms with Crippen LogP contribution in [0.15, 0.2) is 0 Å². The Bertz CT molecular complexity index is 299. The number of carbonyl (C=O) groups excluding carboxylic acids is 1. The number of carbonyl (C=O) groups is 1. The van der Waals surface area contributed by atoms with E-state index >= 15 is 0 Å². The summed E-state index contributed by atoms with van der Waals surface area (Å²) in [4.78, 5) is 10.8. The molecule has 0 bridgehead atoms. The molecule has 0 unspecified atom stereocenters. The number of esters is 1. The number of hydrogen-bond donors (Lipinski definition) is 1. The fourth-order valence-corrected chi connectivity index (χ4v) is 1.08. The van der Waals surface area contributed by atoms with Crippen LogP contribution in [0.5, 0.6) is 0 Å². The molecule has 1 N–H and O–H groups in total. The van der Waals surface area contributed by atoms with Crippen molar-refractivity contribution in [2.45, 2.75) is 38.5 Å². The van der Waals surface area contributed by atoms with Gasteiger partial charge in [-0.25, -0.2) is 0 Å². The summed E-state index contributed by atoms with van der Waals surface area (Å²) in [5.74, 6) is 11.0. The largest absolute Gasteiger partial charge is 0.469 e. The third-order valence-corrected chi connectivity index (χ3v) is 1.92. The maximum Gasteiger partial charge on any atom is 0.305 e. The van der Waals surface area contributed by atoms with Crippen LogP contribution in [0.3, 0.4) is 0 Å². The molecule has 0 rings (SSSR count). The Morgan fingerprint density at radius 2 is 1.88 bits per heavy atom. The van der Waals surface area contributed by atoms with Gasteiger partial charge in [0.1, 0.15) is 6.61 Å². The first kappa shape index (κ1) is 14.6. The SMILES string of the molecule is COC(=O)CCCCCC#CCC#CCO. The molecule has 0 aliphatic rings. The van der Waals surface area contributed by atoms with Crippen LogP contribution in [0.1, 0.15) is 38.5 Å². The van der Waals surface area contributed by atoms with E-state index in [4.69, 9.17) is 5.11 Å². The zero-order chi connectivity index (χ0) is 12.1. The number of ether oxygens (including phenoxy) is 1. The summed E-state index contributed by atoms with van der Waals surface area (Å²) in [6.45, 7) is -0.102. The zero-order valence-electron chi connectivity index (χ0n) is 9.71. The van der Waals surface area contributed by atoms with Crippen molar-refractivity contribution in [1.29, 1.82) is 0 Å². The minimum absolute atomic E-state index is 0.102. The molecule has 0 fully saturated rings. The molecule has 0 heterocycles. The van der Waals surface area contributed by atoms with E-state index < -0.39 is 0 Å². The quantitative estimate of drug-likeness (QED) is 0.435. The lowest BCUT2D eigenvalue weighted by molar-refractivity contribution is -0.140. The van der Waals surface area contributed by atoms with Gasteiger partial charge < -0.3 is 9.84 Å². The van der Waals surface area contributed by atoms with E-state index in [1.54, 1.807) is 0 Å². The first-order chi connectivity index (χ1) is 7.81. The van der Waals surface area contributed by atoms with Crippen molar-refractivity contribution < 1.29 is 14.6 Å². The summed E-state index contributed by atoms with van der Waals surface area (Å²) in [5, 5.41) is 8.37. The molecule has 3 nitrogen and oxygen atoms in total. The molecule has 0 aromatic carbocycles. The van der Waals surface area contributed by atoms with Crippen LogP contribution in [-0.4, -0.2) is 24.8 Å². The molecule has 0 amide bonds. The Balaban J connectivity index is 3.29. The molecule has 88 valence electrons. The molecule has 0 saturated heterocycles. The van der Waals surface area contributed by atoms with Gasteiger partial charge >= 0.3 is 5.97 Å². The van der Waals surface area contributed by atoms with Crippen molar-refractivity contribution in [2.75, 3.05) is 13.7 Å². The Morgan fingerprint density at radius 3 is 2.56 bits per heavy atom. The fraction of sp³-hybridized carbons (Fsp3) is 0.615. The lowest BCUT2D eigenvalue weighted by atomic mass is 10.1. The van der Waals surface area contributed by atoms with Gasteiger partial charge in [-0.3, -0.25) is 4.79 Å². The van der Waals surface area contributed by atoms with Gasteiger partial charge in [0.15, 0.2) is 0 Å². The molecule has 0 aliphatic carbocycles. The highest BCUT2D eigenvalue weighted by Crippen LogP contribution is 2.02. The first-order valence-corrected chi connectivity index (χ1v) is 5.40. The number of aliphatic hydroxyl groups excluding tert-OH is 1. The lowest BCUT2D eigenvalue weighted by Crippen LogP contribution is -1.98. The number of hydrogen-bond acceptors (Lipinski definition) is 3. The Hall–Kier alpha value is -1.45. The predicted molar refractivity (Wildman–Crippen MR) is 62.4 cm³/mol. The third kappa shape index (κ3) is 10.6. The van der Waals surface area contributed by atoms with E-state index in [9.17, 15) is 4.79 Å². The van der Waals surface area contributed by atoms with Crippen LogP contribution in [0, 0.1) is 23.7 Å². The number of unbranched alkanes of at least 4 members (excludes halogenated alkanes) is 3. The van der Waals surface area contributed by atoms with Gasteiger partial charge in [-0.1, -0.05) is 24.2 Å². The molecule has 16 heavy (non-hydrogen) atoms. The van der Waals surface area contributed by atoms with Crippen molar-refractivity contribution in [1.82, 2.24) is 0 Å². The van der Waals surface area contributed by atoms with Crippen molar-refractivity contribution in [3.8, 4) is 23.7 Å². The molecule has 0 saturated carbocycles. The van der Waals surface area contributed by atoms with Crippen molar-refractivity contribution in [2.24, 2.45) is 0 Å². The van der Waals surface area contributed by atoms with E-state index in [0.717, 1.165) is 25.7 Å². The highest BCUT2D eigenvalue weighted by atomic mass is 16.5. The second-order valence-electron chi connectivity index (χ2n) is 3.18. The summed E-state index contributed by atoms with van der Waals surface area (Å²) >= 11 is 0. The van der Waals surface area contributed by atoms with Gasteiger partial charge in [-0.2, -0.15) is 0 Å². The Labute approximate surface area is 97.2 Å². The van der Waals surface area contributed by atoms with Crippen molar-refractivity contribution in [3.63, 3.8) is 0 Å². The molecule has 0 aromatic rings. The van der Waals surface area contributed by atoms with E-state index in [1.165, 1.54) is 7.11 Å². The second kappa shape index (κ2) is 11.6. The third-order valence-electron chi connectivity index (χ3n) is 1.92. The normalized spacial score (nSPS) is 8.38. The van der Waals surface area contributed by atoms with Gasteiger partial charge in [0.2, 0.25) is 0 Å². The van der Waals surface area contributed by atoms with Crippen molar-refractivity contribution in [3.05, 3.63) is 0 Å². The number of aliphatic hydroxyl groups is 1. The monoisotopic (exact) mass is 222 g/mol. The van der Waals surface area contributed by atoms with Gasteiger partial charge in [0, 0.05) is 12.8 Å². The van der Waals surface area contributed by atoms with Crippen LogP contribution >= 0.6 is 0 Å². The molecule has 0 aromatic heterocycles. The van der Waals surface area contributed by atoms with Gasteiger partial charge in [-0.05, 0) is 12.8 Å². The van der Waals surface area contributed by atoms with Gasteiger partial charge in [0.25, 0.3) is 0 Å². The number of rotatable bonds is 5. The summed E-state index contributed by atoms with van der Waals surface area (Å²) in [5.41, 5.74) is 0. The first-order valence-electron chi connectivity index (χ1n) is 5.40. The number of methoxy groups -OCH3 is 1. The molecular weight excluding hydrogens is 204 g/mol. The molecule has 0 spiro atoms. The van der Waals surface area contributed by atoms with E-state index in [2.05, 4.69) is 28.4 Å². The molecule has 0 aliphatic heterocycles. The van der Waals surface area contributed by atoms with Crippen molar-refractivity contribution >= 4 is 5.97 Å². The minimum Gasteiger partial charge on any atom is -0.469 e. The fourth-order valence-electron chi connectivity index (χ4n) is 1.08. The minimum atomic E-state index is -0.148. The van der Waals surface area contributed by atoms with Crippen LogP contribution in [-0.2, 0) is 9.53 Å². The standard InChI is InChI=1S/C13H18O3/c1-16-13(15)11-9-7-5-3-2-4-6-8-10-12-14/h14H,3,5-7,9,11-12H2,1H3. The average Bonchev–Trinajstić information content (AvgIpc) is 2.31.